The van der Waals surface area contributed by atoms with Gasteiger partial charge >= 0.3 is 0 Å². The van der Waals surface area contributed by atoms with Gasteiger partial charge in [-0.2, -0.15) is 0 Å². The van der Waals surface area contributed by atoms with Gasteiger partial charge in [0.2, 0.25) is 0 Å². The molecule has 1 heterocycles. The molecule has 1 saturated heterocycles. The van der Waals surface area contributed by atoms with Crippen molar-refractivity contribution in [2.75, 3.05) is 11.4 Å². The Morgan fingerprint density at radius 2 is 2.08 bits per heavy atom. The summed E-state index contributed by atoms with van der Waals surface area (Å²) in [5.74, 6) is 0. The van der Waals surface area contributed by atoms with Gasteiger partial charge in [0.1, 0.15) is 0 Å². The quantitative estimate of drug-likeness (QED) is 0.598. The van der Waals surface area contributed by atoms with Crippen LogP contribution in [0.1, 0.15) is 19.3 Å². The molecule has 13 heavy (non-hydrogen) atoms. The molecular weight excluding hydrogens is 165 g/mol. The number of benzene rings is 1. The summed E-state index contributed by atoms with van der Waals surface area (Å²) in [4.78, 5) is 1.83. The number of nitrogens with zero attached hydrogens (tertiary/aromatic N) is 1. The van der Waals surface area contributed by atoms with Gasteiger partial charge in [0, 0.05) is 12.2 Å². The van der Waals surface area contributed by atoms with E-state index in [1.165, 1.54) is 0 Å². The SMILES string of the molecule is F[C@H]1CCCCN1c1cc[c]cc1. The first-order valence-electron chi connectivity index (χ1n) is 4.75. The minimum absolute atomic E-state index is 0.665. The molecule has 1 nitrogen and oxygen atoms in total. The monoisotopic (exact) mass is 178 g/mol. The summed E-state index contributed by atoms with van der Waals surface area (Å²) >= 11 is 0. The molecule has 0 bridgehead atoms. The highest BCUT2D eigenvalue weighted by atomic mass is 19.1. The second-order valence-corrected chi connectivity index (χ2v) is 3.38. The van der Waals surface area contributed by atoms with Crippen LogP contribution in [0.3, 0.4) is 0 Å². The van der Waals surface area contributed by atoms with Crippen LogP contribution in [-0.2, 0) is 0 Å². The minimum Gasteiger partial charge on any atom is -0.342 e. The van der Waals surface area contributed by atoms with Crippen molar-refractivity contribution in [1.29, 1.82) is 0 Å². The first-order valence-corrected chi connectivity index (χ1v) is 4.75. The van der Waals surface area contributed by atoms with Crippen molar-refractivity contribution in [2.24, 2.45) is 0 Å². The van der Waals surface area contributed by atoms with Gasteiger partial charge in [-0.05, 0) is 37.5 Å². The summed E-state index contributed by atoms with van der Waals surface area (Å²) in [6.07, 6.45) is 1.98. The van der Waals surface area contributed by atoms with Crippen LogP contribution in [0.5, 0.6) is 0 Å². The third kappa shape index (κ3) is 1.82. The predicted molar refractivity (Wildman–Crippen MR) is 51.4 cm³/mol. The molecule has 0 aromatic heterocycles. The highest BCUT2D eigenvalue weighted by Crippen LogP contribution is 2.24. The number of halogens is 1. The molecule has 1 aromatic rings. The molecule has 69 valence electrons. The molecule has 2 rings (SSSR count). The Hall–Kier alpha value is -1.05. The molecule has 0 N–H and O–H groups in total. The molecule has 1 radical (unpaired) electrons. The van der Waals surface area contributed by atoms with E-state index in [2.05, 4.69) is 6.07 Å². The van der Waals surface area contributed by atoms with Gasteiger partial charge < -0.3 is 4.90 Å². The topological polar surface area (TPSA) is 3.24 Å². The van der Waals surface area contributed by atoms with Gasteiger partial charge in [-0.15, -0.1) is 0 Å². The average molecular weight is 178 g/mol. The lowest BCUT2D eigenvalue weighted by Crippen LogP contribution is -2.36. The van der Waals surface area contributed by atoms with E-state index in [-0.39, 0.29) is 0 Å². The lowest BCUT2D eigenvalue weighted by atomic mass is 10.1. The third-order valence-corrected chi connectivity index (χ3v) is 2.46. The Balaban J connectivity index is 2.15. The average Bonchev–Trinajstić information content (AvgIpc) is 2.20. The maximum absolute atomic E-state index is 13.4. The second kappa shape index (κ2) is 3.77. The number of piperidine rings is 1. The smallest absolute Gasteiger partial charge is 0.172 e. The fraction of sp³-hybridized carbons (Fsp3) is 0.455. The summed E-state index contributed by atoms with van der Waals surface area (Å²) in [5.41, 5.74) is 0.978. The highest BCUT2D eigenvalue weighted by Gasteiger charge is 2.21. The third-order valence-electron chi connectivity index (χ3n) is 2.46. The Morgan fingerprint density at radius 3 is 2.77 bits per heavy atom. The Morgan fingerprint density at radius 1 is 1.31 bits per heavy atom. The summed E-state index contributed by atoms with van der Waals surface area (Å²) < 4.78 is 13.4. The summed E-state index contributed by atoms with van der Waals surface area (Å²) in [7, 11) is 0. The zero-order valence-electron chi connectivity index (χ0n) is 7.54. The first kappa shape index (κ1) is 8.54. The molecule has 1 aliphatic rings. The van der Waals surface area contributed by atoms with Crippen LogP contribution < -0.4 is 4.90 Å². The number of alkyl halides is 1. The number of anilines is 1. The van der Waals surface area contributed by atoms with E-state index in [1.54, 1.807) is 0 Å². The number of hydrogen-bond acceptors (Lipinski definition) is 1. The molecule has 1 atom stereocenters. The van der Waals surface area contributed by atoms with Crippen molar-refractivity contribution in [3.05, 3.63) is 30.3 Å². The van der Waals surface area contributed by atoms with Crippen LogP contribution in [0.2, 0.25) is 0 Å². The molecule has 0 amide bonds. The Kier molecular flexibility index (Phi) is 2.48. The second-order valence-electron chi connectivity index (χ2n) is 3.38. The van der Waals surface area contributed by atoms with E-state index in [9.17, 15) is 4.39 Å². The molecule has 0 aliphatic carbocycles. The van der Waals surface area contributed by atoms with Crippen LogP contribution in [0.15, 0.2) is 24.3 Å². The summed E-state index contributed by atoms with van der Waals surface area (Å²) in [6, 6.07) is 10.4. The van der Waals surface area contributed by atoms with Crippen LogP contribution >= 0.6 is 0 Å². The fourth-order valence-electron chi connectivity index (χ4n) is 1.75. The van der Waals surface area contributed by atoms with Gasteiger partial charge in [-0.25, -0.2) is 4.39 Å². The molecule has 1 aliphatic heterocycles. The zero-order valence-corrected chi connectivity index (χ0v) is 7.54. The largest absolute Gasteiger partial charge is 0.342 e. The van der Waals surface area contributed by atoms with Crippen LogP contribution in [0.4, 0.5) is 10.1 Å². The lowest BCUT2D eigenvalue weighted by Gasteiger charge is -2.32. The van der Waals surface area contributed by atoms with E-state index in [0.717, 1.165) is 25.1 Å². The maximum Gasteiger partial charge on any atom is 0.172 e. The van der Waals surface area contributed by atoms with Crippen molar-refractivity contribution in [1.82, 2.24) is 0 Å². The molecular formula is C11H13FN. The molecule has 1 fully saturated rings. The lowest BCUT2D eigenvalue weighted by molar-refractivity contribution is 0.266. The highest BCUT2D eigenvalue weighted by molar-refractivity contribution is 5.46. The van der Waals surface area contributed by atoms with Crippen molar-refractivity contribution in [3.63, 3.8) is 0 Å². The van der Waals surface area contributed by atoms with Gasteiger partial charge in [0.15, 0.2) is 6.30 Å². The van der Waals surface area contributed by atoms with Crippen LogP contribution in [-0.4, -0.2) is 12.8 Å². The van der Waals surface area contributed by atoms with Crippen LogP contribution in [0, 0.1) is 6.07 Å². The summed E-state index contributed by atoms with van der Waals surface area (Å²) in [5, 5.41) is 0. The van der Waals surface area contributed by atoms with E-state index >= 15 is 0 Å². The van der Waals surface area contributed by atoms with E-state index in [1.807, 2.05) is 29.2 Å². The van der Waals surface area contributed by atoms with Gasteiger partial charge in [-0.1, -0.05) is 12.1 Å². The van der Waals surface area contributed by atoms with Crippen molar-refractivity contribution in [3.8, 4) is 0 Å². The maximum atomic E-state index is 13.4. The number of rotatable bonds is 1. The van der Waals surface area contributed by atoms with Crippen molar-refractivity contribution in [2.45, 2.75) is 25.6 Å². The molecule has 0 unspecified atom stereocenters. The van der Waals surface area contributed by atoms with Crippen LogP contribution in [0.25, 0.3) is 0 Å². The Bertz CT molecular complexity index is 260. The Labute approximate surface area is 78.2 Å². The standard InChI is InChI=1S/C11H13FN/c12-11-8-4-5-9-13(11)10-6-2-1-3-7-10/h2-3,6-7,11H,4-5,8-9H2/t11-/m1/s1. The normalized spacial score (nSPS) is 23.2. The van der Waals surface area contributed by atoms with E-state index < -0.39 is 6.30 Å². The van der Waals surface area contributed by atoms with E-state index in [0.29, 0.717) is 6.42 Å². The molecule has 2 heteroatoms. The number of hydrogen-bond donors (Lipinski definition) is 0. The minimum atomic E-state index is -0.795. The predicted octanol–water partition coefficient (Wildman–Crippen LogP) is 2.77. The first-order chi connectivity index (χ1) is 6.38. The van der Waals surface area contributed by atoms with E-state index in [4.69, 9.17) is 0 Å². The summed E-state index contributed by atoms with van der Waals surface area (Å²) in [6.45, 7) is 0.838. The van der Waals surface area contributed by atoms with Crippen molar-refractivity contribution >= 4 is 5.69 Å². The zero-order chi connectivity index (χ0) is 9.10. The molecule has 1 aromatic carbocycles. The fourth-order valence-corrected chi connectivity index (χ4v) is 1.75. The van der Waals surface area contributed by atoms with Gasteiger partial charge in [-0.3, -0.25) is 0 Å². The molecule has 0 spiro atoms. The van der Waals surface area contributed by atoms with Gasteiger partial charge in [0.05, 0.1) is 0 Å². The van der Waals surface area contributed by atoms with Gasteiger partial charge in [0.25, 0.3) is 0 Å². The van der Waals surface area contributed by atoms with Crippen molar-refractivity contribution < 1.29 is 4.39 Å². The molecule has 0 saturated carbocycles.